The molecule has 1 amide bonds. The number of hydrogen-bond donors (Lipinski definition) is 0. The highest BCUT2D eigenvalue weighted by atomic mass is 16.6. The maximum atomic E-state index is 12.7. The van der Waals surface area contributed by atoms with Gasteiger partial charge in [-0.15, -0.1) is 0 Å². The summed E-state index contributed by atoms with van der Waals surface area (Å²) in [6, 6.07) is 4.51. The minimum atomic E-state index is -0.466. The van der Waals surface area contributed by atoms with Crippen molar-refractivity contribution >= 4 is 17.3 Å². The molecule has 7 nitrogen and oxygen atoms in total. The van der Waals surface area contributed by atoms with Crippen molar-refractivity contribution in [2.75, 3.05) is 44.8 Å². The number of non-ortho nitro benzene ring substituents is 1. The van der Waals surface area contributed by atoms with Gasteiger partial charge in [0.2, 0.25) is 0 Å². The lowest BCUT2D eigenvalue weighted by atomic mass is 10.1. The van der Waals surface area contributed by atoms with E-state index < -0.39 is 4.92 Å². The number of carbonyl (C=O) groups excluding carboxylic acids is 1. The first-order valence-corrected chi connectivity index (χ1v) is 7.91. The first-order chi connectivity index (χ1) is 11.0. The number of carbonyl (C=O) groups is 1. The maximum absolute atomic E-state index is 12.7. The number of amides is 1. The molecule has 0 bridgehead atoms. The Morgan fingerprint density at radius 1 is 1.39 bits per heavy atom. The Labute approximate surface area is 136 Å². The zero-order valence-electron chi connectivity index (χ0n) is 13.7. The number of nitrogens with zero attached hydrogens (tertiary/aromatic N) is 3. The molecule has 0 atom stereocenters. The molecule has 126 valence electrons. The Hall–Kier alpha value is -2.15. The normalized spacial score (nSPS) is 14.6. The Balaban J connectivity index is 2.33. The van der Waals surface area contributed by atoms with Crippen LogP contribution in [-0.4, -0.2) is 55.6 Å². The molecule has 1 aliphatic rings. The molecule has 0 aromatic heterocycles. The topological polar surface area (TPSA) is 75.9 Å². The Bertz CT molecular complexity index is 570. The van der Waals surface area contributed by atoms with Crippen LogP contribution in [0, 0.1) is 10.1 Å². The lowest BCUT2D eigenvalue weighted by molar-refractivity contribution is -0.384. The molecule has 0 aliphatic carbocycles. The van der Waals surface area contributed by atoms with Crippen LogP contribution >= 0.6 is 0 Å². The summed E-state index contributed by atoms with van der Waals surface area (Å²) < 4.78 is 5.34. The van der Waals surface area contributed by atoms with Gasteiger partial charge < -0.3 is 14.5 Å². The van der Waals surface area contributed by atoms with E-state index in [0.29, 0.717) is 38.4 Å². The molecule has 1 aromatic rings. The number of anilines is 1. The van der Waals surface area contributed by atoms with Crippen molar-refractivity contribution in [3.63, 3.8) is 0 Å². The maximum Gasteiger partial charge on any atom is 0.270 e. The molecule has 1 aliphatic heterocycles. The van der Waals surface area contributed by atoms with Crippen LogP contribution in [0.25, 0.3) is 0 Å². The number of nitro groups is 1. The predicted molar refractivity (Wildman–Crippen MR) is 88.0 cm³/mol. The average Bonchev–Trinajstić information content (AvgIpc) is 2.59. The Morgan fingerprint density at radius 3 is 2.70 bits per heavy atom. The molecule has 1 saturated heterocycles. The van der Waals surface area contributed by atoms with Crippen LogP contribution in [-0.2, 0) is 4.74 Å². The summed E-state index contributed by atoms with van der Waals surface area (Å²) in [6.45, 7) is 5.24. The van der Waals surface area contributed by atoms with Gasteiger partial charge in [0.25, 0.3) is 11.6 Å². The van der Waals surface area contributed by atoms with E-state index in [1.54, 1.807) is 18.0 Å². The monoisotopic (exact) mass is 321 g/mol. The van der Waals surface area contributed by atoms with Crippen molar-refractivity contribution in [1.29, 1.82) is 0 Å². The number of nitro benzene ring substituents is 1. The summed E-state index contributed by atoms with van der Waals surface area (Å²) >= 11 is 0. The van der Waals surface area contributed by atoms with Gasteiger partial charge in [-0.05, 0) is 12.5 Å². The molecule has 0 spiro atoms. The fourth-order valence-electron chi connectivity index (χ4n) is 2.59. The molecule has 0 N–H and O–H groups in total. The second-order valence-corrected chi connectivity index (χ2v) is 5.64. The molecule has 0 saturated carbocycles. The number of unbranched alkanes of at least 4 members (excludes halogenated alkanes) is 1. The van der Waals surface area contributed by atoms with E-state index in [1.165, 1.54) is 12.1 Å². The summed E-state index contributed by atoms with van der Waals surface area (Å²) in [6.07, 6.45) is 1.90. The quantitative estimate of drug-likeness (QED) is 0.593. The molecular formula is C16H23N3O4. The molecule has 7 heteroatoms. The lowest BCUT2D eigenvalue weighted by Crippen LogP contribution is -2.38. The summed E-state index contributed by atoms with van der Waals surface area (Å²) in [7, 11) is 1.74. The van der Waals surface area contributed by atoms with Crippen molar-refractivity contribution in [2.24, 2.45) is 0 Å². The third-order valence-electron chi connectivity index (χ3n) is 3.97. The second kappa shape index (κ2) is 7.92. The smallest absolute Gasteiger partial charge is 0.270 e. The summed E-state index contributed by atoms with van der Waals surface area (Å²) in [5.74, 6) is -0.177. The van der Waals surface area contributed by atoms with Crippen LogP contribution in [0.1, 0.15) is 30.1 Å². The molecule has 0 radical (unpaired) electrons. The van der Waals surface area contributed by atoms with E-state index in [9.17, 15) is 14.9 Å². The van der Waals surface area contributed by atoms with Gasteiger partial charge in [-0.1, -0.05) is 13.3 Å². The van der Waals surface area contributed by atoms with Gasteiger partial charge in [-0.3, -0.25) is 14.9 Å². The van der Waals surface area contributed by atoms with E-state index in [-0.39, 0.29) is 11.6 Å². The zero-order chi connectivity index (χ0) is 16.8. The molecular weight excluding hydrogens is 298 g/mol. The van der Waals surface area contributed by atoms with Gasteiger partial charge in [0.05, 0.1) is 29.4 Å². The van der Waals surface area contributed by atoms with Crippen molar-refractivity contribution in [3.8, 4) is 0 Å². The van der Waals surface area contributed by atoms with E-state index in [1.807, 2.05) is 4.90 Å². The average molecular weight is 321 g/mol. The van der Waals surface area contributed by atoms with Crippen molar-refractivity contribution in [2.45, 2.75) is 19.8 Å². The highest BCUT2D eigenvalue weighted by Gasteiger charge is 2.23. The number of morpholine rings is 1. The number of hydrogen-bond acceptors (Lipinski definition) is 5. The van der Waals surface area contributed by atoms with Gasteiger partial charge in [0.1, 0.15) is 0 Å². The van der Waals surface area contributed by atoms with Crippen LogP contribution in [0.5, 0.6) is 0 Å². The first kappa shape index (κ1) is 17.2. The predicted octanol–water partition coefficient (Wildman–Crippen LogP) is 2.30. The minimum absolute atomic E-state index is 0.0609. The second-order valence-electron chi connectivity index (χ2n) is 5.64. The van der Waals surface area contributed by atoms with E-state index >= 15 is 0 Å². The minimum Gasteiger partial charge on any atom is -0.378 e. The van der Waals surface area contributed by atoms with Gasteiger partial charge >= 0.3 is 0 Å². The van der Waals surface area contributed by atoms with Crippen molar-refractivity contribution in [1.82, 2.24) is 4.90 Å². The van der Waals surface area contributed by atoms with Crippen LogP contribution < -0.4 is 4.90 Å². The molecule has 1 heterocycles. The van der Waals surface area contributed by atoms with Crippen LogP contribution in [0.2, 0.25) is 0 Å². The van der Waals surface area contributed by atoms with E-state index in [0.717, 1.165) is 18.5 Å². The molecule has 23 heavy (non-hydrogen) atoms. The summed E-state index contributed by atoms with van der Waals surface area (Å²) in [5, 5.41) is 11.1. The fraction of sp³-hybridized carbons (Fsp3) is 0.562. The number of benzene rings is 1. The summed E-state index contributed by atoms with van der Waals surface area (Å²) in [4.78, 5) is 27.0. The van der Waals surface area contributed by atoms with Gasteiger partial charge in [0.15, 0.2) is 0 Å². The third kappa shape index (κ3) is 4.19. The molecule has 0 unspecified atom stereocenters. The zero-order valence-corrected chi connectivity index (χ0v) is 13.7. The van der Waals surface area contributed by atoms with Crippen molar-refractivity contribution in [3.05, 3.63) is 33.9 Å². The van der Waals surface area contributed by atoms with Crippen molar-refractivity contribution < 1.29 is 14.5 Å². The van der Waals surface area contributed by atoms with E-state index in [2.05, 4.69) is 6.92 Å². The highest BCUT2D eigenvalue weighted by molar-refractivity contribution is 6.00. The largest absolute Gasteiger partial charge is 0.378 e. The lowest BCUT2D eigenvalue weighted by Gasteiger charge is -2.31. The highest BCUT2D eigenvalue weighted by Crippen LogP contribution is 2.27. The van der Waals surface area contributed by atoms with Gasteiger partial charge in [-0.25, -0.2) is 0 Å². The fourth-order valence-corrected chi connectivity index (χ4v) is 2.59. The van der Waals surface area contributed by atoms with Gasteiger partial charge in [0, 0.05) is 38.8 Å². The number of ether oxygens (including phenoxy) is 1. The Morgan fingerprint density at radius 2 is 2.09 bits per heavy atom. The number of rotatable bonds is 6. The molecule has 1 fully saturated rings. The van der Waals surface area contributed by atoms with Crippen LogP contribution in [0.3, 0.4) is 0 Å². The SMILES string of the molecule is CCCCN(C)C(=O)c1cc([N+](=O)[O-])ccc1N1CCOCC1. The molecule has 2 rings (SSSR count). The Kier molecular flexibility index (Phi) is 5.92. The standard InChI is InChI=1S/C16H23N3O4/c1-3-4-7-17(2)16(20)14-12-13(19(21)22)5-6-15(14)18-8-10-23-11-9-18/h5-6,12H,3-4,7-11H2,1-2H3. The van der Waals surface area contributed by atoms with Gasteiger partial charge in [-0.2, -0.15) is 0 Å². The van der Waals surface area contributed by atoms with Crippen LogP contribution in [0.4, 0.5) is 11.4 Å². The first-order valence-electron chi connectivity index (χ1n) is 7.91. The third-order valence-corrected chi connectivity index (χ3v) is 3.97. The molecule has 1 aromatic carbocycles. The van der Waals surface area contributed by atoms with Crippen LogP contribution in [0.15, 0.2) is 18.2 Å². The summed E-state index contributed by atoms with van der Waals surface area (Å²) in [5.41, 5.74) is 1.07. The van der Waals surface area contributed by atoms with E-state index in [4.69, 9.17) is 4.74 Å².